The second kappa shape index (κ2) is 8.77. The number of hydrogen-bond acceptors (Lipinski definition) is 5. The predicted octanol–water partition coefficient (Wildman–Crippen LogP) is 5.98. The molecule has 0 saturated heterocycles. The molecule has 0 saturated carbocycles. The van der Waals surface area contributed by atoms with Crippen LogP contribution >= 0.6 is 63.7 Å². The number of hydrogen-bond donors (Lipinski definition) is 1. The molecule has 0 amide bonds. The summed E-state index contributed by atoms with van der Waals surface area (Å²) in [6.45, 7) is 0. The van der Waals surface area contributed by atoms with E-state index in [1.807, 2.05) is 12.1 Å². The first-order valence-corrected chi connectivity index (χ1v) is 11.1. The molecule has 2 aromatic carbocycles. The molecule has 0 aliphatic carbocycles. The molecule has 1 aliphatic rings. The Labute approximate surface area is 195 Å². The predicted molar refractivity (Wildman–Crippen MR) is 119 cm³/mol. The average Bonchev–Trinajstić information content (AvgIpc) is 2.93. The van der Waals surface area contributed by atoms with E-state index in [4.69, 9.17) is 14.2 Å². The van der Waals surface area contributed by atoms with Crippen molar-refractivity contribution in [3.05, 3.63) is 59.0 Å². The normalized spacial score (nSPS) is 16.4. The van der Waals surface area contributed by atoms with Gasteiger partial charge in [0, 0.05) is 12.0 Å². The SMILES string of the molecule is COC1=C(c2cc(Br)c(O)c(Br)c2)[C@H](Cc2cc(Br)c(OC)c(Br)c2)OC1=O. The summed E-state index contributed by atoms with van der Waals surface area (Å²) in [6.07, 6.45) is -0.108. The quantitative estimate of drug-likeness (QED) is 0.408. The molecule has 1 aliphatic heterocycles. The van der Waals surface area contributed by atoms with Gasteiger partial charge >= 0.3 is 5.97 Å². The molecule has 0 spiro atoms. The Kier molecular flexibility index (Phi) is 6.79. The van der Waals surface area contributed by atoms with Gasteiger partial charge in [-0.2, -0.15) is 0 Å². The first kappa shape index (κ1) is 21.7. The van der Waals surface area contributed by atoms with Crippen LogP contribution in [0.4, 0.5) is 0 Å². The van der Waals surface area contributed by atoms with Crippen molar-refractivity contribution in [2.75, 3.05) is 14.2 Å². The number of benzene rings is 2. The number of ether oxygens (including phenoxy) is 3. The van der Waals surface area contributed by atoms with Crippen LogP contribution in [0.5, 0.6) is 11.5 Å². The molecule has 1 heterocycles. The molecule has 148 valence electrons. The molecule has 9 heteroatoms. The van der Waals surface area contributed by atoms with E-state index in [9.17, 15) is 9.90 Å². The minimum atomic E-state index is -0.544. The van der Waals surface area contributed by atoms with Crippen LogP contribution in [0.3, 0.4) is 0 Å². The van der Waals surface area contributed by atoms with E-state index in [-0.39, 0.29) is 11.5 Å². The number of cyclic esters (lactones) is 1. The molecule has 0 unspecified atom stereocenters. The molecule has 5 nitrogen and oxygen atoms in total. The van der Waals surface area contributed by atoms with Crippen molar-refractivity contribution >= 4 is 75.3 Å². The Morgan fingerprint density at radius 2 is 1.54 bits per heavy atom. The summed E-state index contributed by atoms with van der Waals surface area (Å²) in [5, 5.41) is 10.00. The first-order chi connectivity index (χ1) is 13.3. The largest absolute Gasteiger partial charge is 0.506 e. The van der Waals surface area contributed by atoms with Gasteiger partial charge < -0.3 is 19.3 Å². The van der Waals surface area contributed by atoms with E-state index in [0.717, 1.165) is 14.5 Å². The van der Waals surface area contributed by atoms with Gasteiger partial charge in [-0.15, -0.1) is 0 Å². The van der Waals surface area contributed by atoms with Gasteiger partial charge in [-0.1, -0.05) is 0 Å². The lowest BCUT2D eigenvalue weighted by atomic mass is 9.95. The van der Waals surface area contributed by atoms with Crippen molar-refractivity contribution in [1.29, 1.82) is 0 Å². The third-order valence-electron chi connectivity index (χ3n) is 4.22. The molecule has 3 rings (SSSR count). The molecule has 0 bridgehead atoms. The third kappa shape index (κ3) is 4.13. The highest BCUT2D eigenvalue weighted by molar-refractivity contribution is 9.11. The van der Waals surface area contributed by atoms with Gasteiger partial charge in [0.2, 0.25) is 5.76 Å². The highest BCUT2D eigenvalue weighted by Crippen LogP contribution is 2.41. The molecule has 0 radical (unpaired) electrons. The molecule has 2 aromatic rings. The van der Waals surface area contributed by atoms with Gasteiger partial charge in [0.1, 0.15) is 17.6 Å². The second-order valence-corrected chi connectivity index (χ2v) is 9.34. The number of esters is 1. The summed E-state index contributed by atoms with van der Waals surface area (Å²) < 4.78 is 18.8. The number of rotatable bonds is 5. The molecule has 28 heavy (non-hydrogen) atoms. The zero-order valence-corrected chi connectivity index (χ0v) is 21.0. The van der Waals surface area contributed by atoms with Gasteiger partial charge in [-0.25, -0.2) is 4.79 Å². The Bertz CT molecular complexity index is 940. The number of phenols is 1. The van der Waals surface area contributed by atoms with Crippen molar-refractivity contribution in [2.24, 2.45) is 0 Å². The van der Waals surface area contributed by atoms with E-state index in [1.54, 1.807) is 19.2 Å². The minimum absolute atomic E-state index is 0.0770. The topological polar surface area (TPSA) is 65.0 Å². The molecular weight excluding hydrogens is 628 g/mol. The highest BCUT2D eigenvalue weighted by atomic mass is 79.9. The van der Waals surface area contributed by atoms with Crippen LogP contribution in [0.1, 0.15) is 11.1 Å². The number of phenolic OH excluding ortho intramolecular Hbond substituents is 1. The van der Waals surface area contributed by atoms with E-state index >= 15 is 0 Å². The Balaban J connectivity index is 2.04. The van der Waals surface area contributed by atoms with Crippen molar-refractivity contribution < 1.29 is 24.1 Å². The maximum atomic E-state index is 12.3. The number of methoxy groups -OCH3 is 2. The van der Waals surface area contributed by atoms with Crippen LogP contribution in [-0.2, 0) is 20.7 Å². The third-order valence-corrected chi connectivity index (χ3v) is 6.60. The fourth-order valence-electron chi connectivity index (χ4n) is 3.01. The highest BCUT2D eigenvalue weighted by Gasteiger charge is 2.37. The number of aromatic hydroxyl groups is 1. The minimum Gasteiger partial charge on any atom is -0.506 e. The molecule has 0 aromatic heterocycles. The molecule has 1 atom stereocenters. The van der Waals surface area contributed by atoms with Crippen molar-refractivity contribution in [1.82, 2.24) is 0 Å². The lowest BCUT2D eigenvalue weighted by Gasteiger charge is -2.17. The first-order valence-electron chi connectivity index (χ1n) is 7.96. The van der Waals surface area contributed by atoms with Crippen LogP contribution in [-0.4, -0.2) is 31.4 Å². The maximum Gasteiger partial charge on any atom is 0.374 e. The fourth-order valence-corrected chi connectivity index (χ4v) is 5.80. The molecular formula is C19H14Br4O5. The van der Waals surface area contributed by atoms with E-state index < -0.39 is 12.1 Å². The van der Waals surface area contributed by atoms with Crippen LogP contribution in [0.15, 0.2) is 47.9 Å². The number of carbonyl (C=O) groups excluding carboxylic acids is 1. The lowest BCUT2D eigenvalue weighted by molar-refractivity contribution is -0.142. The van der Waals surface area contributed by atoms with Gasteiger partial charge in [-0.05, 0) is 99.1 Å². The lowest BCUT2D eigenvalue weighted by Crippen LogP contribution is -2.15. The number of carbonyl (C=O) groups is 1. The Morgan fingerprint density at radius 3 is 2.04 bits per heavy atom. The summed E-state index contributed by atoms with van der Waals surface area (Å²) in [5.41, 5.74) is 2.26. The monoisotopic (exact) mass is 638 g/mol. The second-order valence-electron chi connectivity index (χ2n) is 5.93. The average molecular weight is 642 g/mol. The fraction of sp³-hybridized carbons (Fsp3) is 0.211. The van der Waals surface area contributed by atoms with Gasteiger partial charge in [0.15, 0.2) is 0 Å². The molecule has 1 N–H and O–H groups in total. The summed E-state index contributed by atoms with van der Waals surface area (Å²) in [4.78, 5) is 12.3. The molecule has 0 fully saturated rings. The van der Waals surface area contributed by atoms with Gasteiger partial charge in [0.25, 0.3) is 0 Å². The zero-order valence-electron chi connectivity index (χ0n) is 14.7. The Morgan fingerprint density at radius 1 is 0.964 bits per heavy atom. The number of halogens is 4. The van der Waals surface area contributed by atoms with Crippen molar-refractivity contribution in [3.63, 3.8) is 0 Å². The summed E-state index contributed by atoms with van der Waals surface area (Å²) >= 11 is 13.6. The smallest absolute Gasteiger partial charge is 0.374 e. The summed E-state index contributed by atoms with van der Waals surface area (Å²) in [6, 6.07) is 7.29. The van der Waals surface area contributed by atoms with E-state index in [2.05, 4.69) is 63.7 Å². The summed E-state index contributed by atoms with van der Waals surface area (Å²) in [7, 11) is 3.03. The standard InChI is InChI=1S/C19H14Br4O5/c1-26-17-12(22)3-8(4-13(17)23)5-14-15(18(27-2)19(25)28-14)9-6-10(20)16(24)11(21)7-9/h3-4,6-7,14,24H,5H2,1-2H3/t14-/m0/s1. The van der Waals surface area contributed by atoms with Gasteiger partial charge in [0.05, 0.1) is 32.1 Å². The zero-order chi connectivity index (χ0) is 20.6. The Hall–Kier alpha value is -1.03. The van der Waals surface area contributed by atoms with Gasteiger partial charge in [-0.3, -0.25) is 0 Å². The van der Waals surface area contributed by atoms with E-state index in [0.29, 0.717) is 32.3 Å². The van der Waals surface area contributed by atoms with Crippen molar-refractivity contribution in [3.8, 4) is 11.5 Å². The van der Waals surface area contributed by atoms with E-state index in [1.165, 1.54) is 7.11 Å². The maximum absolute atomic E-state index is 12.3. The van der Waals surface area contributed by atoms with Crippen LogP contribution in [0.25, 0.3) is 5.57 Å². The van der Waals surface area contributed by atoms with Crippen molar-refractivity contribution in [2.45, 2.75) is 12.5 Å². The summed E-state index contributed by atoms with van der Waals surface area (Å²) in [5.74, 6) is 0.399. The van der Waals surface area contributed by atoms with Crippen LogP contribution < -0.4 is 4.74 Å². The van der Waals surface area contributed by atoms with Crippen LogP contribution in [0.2, 0.25) is 0 Å². The van der Waals surface area contributed by atoms with Crippen LogP contribution in [0, 0.1) is 0 Å².